The van der Waals surface area contributed by atoms with Crippen molar-refractivity contribution in [2.24, 2.45) is 0 Å². The minimum Gasteiger partial charge on any atom is -0.497 e. The summed E-state index contributed by atoms with van der Waals surface area (Å²) in [6, 6.07) is 6.52. The highest BCUT2D eigenvalue weighted by atomic mass is 79.9. The first-order valence-corrected chi connectivity index (χ1v) is 7.57. The molecule has 0 saturated heterocycles. The molecule has 5 heteroatoms. The predicted octanol–water partition coefficient (Wildman–Crippen LogP) is 3.41. The van der Waals surface area contributed by atoms with Gasteiger partial charge in [0.2, 0.25) is 0 Å². The average Bonchev–Trinajstić information content (AvgIpc) is 3.16. The van der Waals surface area contributed by atoms with Gasteiger partial charge in [-0.15, -0.1) is 0 Å². The summed E-state index contributed by atoms with van der Waals surface area (Å²) in [5, 5.41) is 3.45. The highest BCUT2D eigenvalue weighted by molar-refractivity contribution is 9.10. The zero-order valence-corrected chi connectivity index (χ0v) is 12.9. The number of nitrogens with zero attached hydrogens (tertiary/aromatic N) is 1. The molecule has 1 aromatic heterocycles. The van der Waals surface area contributed by atoms with Crippen LogP contribution in [0.4, 0.5) is 0 Å². The molecule has 0 aliphatic heterocycles. The van der Waals surface area contributed by atoms with E-state index in [1.165, 1.54) is 12.8 Å². The molecule has 0 atom stereocenters. The molecule has 2 aromatic rings. The summed E-state index contributed by atoms with van der Waals surface area (Å²) >= 11 is 3.53. The van der Waals surface area contributed by atoms with Crippen LogP contribution in [0.1, 0.15) is 18.7 Å². The fourth-order valence-corrected chi connectivity index (χ4v) is 2.48. The van der Waals surface area contributed by atoms with Crippen LogP contribution >= 0.6 is 15.9 Å². The fourth-order valence-electron chi connectivity index (χ4n) is 2.04. The Labute approximate surface area is 126 Å². The van der Waals surface area contributed by atoms with Crippen molar-refractivity contribution < 1.29 is 9.15 Å². The molecule has 4 nitrogen and oxygen atoms in total. The van der Waals surface area contributed by atoms with Crippen molar-refractivity contribution in [3.63, 3.8) is 0 Å². The van der Waals surface area contributed by atoms with Crippen LogP contribution in [0, 0.1) is 0 Å². The Morgan fingerprint density at radius 2 is 2.30 bits per heavy atom. The molecule has 1 aromatic carbocycles. The van der Waals surface area contributed by atoms with Gasteiger partial charge in [0, 0.05) is 29.0 Å². The van der Waals surface area contributed by atoms with Gasteiger partial charge in [0.15, 0.2) is 11.7 Å². The lowest BCUT2D eigenvalue weighted by molar-refractivity contribution is 0.414. The largest absolute Gasteiger partial charge is 0.497 e. The molecule has 0 spiro atoms. The number of halogens is 1. The van der Waals surface area contributed by atoms with E-state index in [2.05, 4.69) is 26.2 Å². The number of methoxy groups -OCH3 is 1. The van der Waals surface area contributed by atoms with Crippen molar-refractivity contribution in [1.82, 2.24) is 10.3 Å². The van der Waals surface area contributed by atoms with E-state index >= 15 is 0 Å². The van der Waals surface area contributed by atoms with Gasteiger partial charge in [-0.3, -0.25) is 0 Å². The van der Waals surface area contributed by atoms with Gasteiger partial charge < -0.3 is 14.5 Å². The van der Waals surface area contributed by atoms with Gasteiger partial charge in [0.25, 0.3) is 0 Å². The third-order valence-corrected chi connectivity index (χ3v) is 4.03. The molecule has 1 saturated carbocycles. The molecule has 0 bridgehead atoms. The summed E-state index contributed by atoms with van der Waals surface area (Å²) in [7, 11) is 1.66. The molecule has 1 aliphatic carbocycles. The first kappa shape index (κ1) is 13.6. The second kappa shape index (κ2) is 5.97. The Kier molecular flexibility index (Phi) is 4.08. The van der Waals surface area contributed by atoms with E-state index in [0.29, 0.717) is 0 Å². The summed E-state index contributed by atoms with van der Waals surface area (Å²) in [6.45, 7) is 0.921. The summed E-state index contributed by atoms with van der Waals surface area (Å²) < 4.78 is 12.0. The molecule has 0 unspecified atom stereocenters. The van der Waals surface area contributed by atoms with E-state index < -0.39 is 0 Å². The molecule has 1 aliphatic rings. The molecular weight excluding hydrogens is 320 g/mol. The highest BCUT2D eigenvalue weighted by Crippen LogP contribution is 2.32. The third-order valence-electron chi connectivity index (χ3n) is 3.34. The van der Waals surface area contributed by atoms with E-state index in [9.17, 15) is 0 Å². The second-order valence-corrected chi connectivity index (χ2v) is 5.80. The van der Waals surface area contributed by atoms with Crippen LogP contribution in [0.15, 0.2) is 33.3 Å². The predicted molar refractivity (Wildman–Crippen MR) is 80.9 cm³/mol. The molecule has 106 valence electrons. The van der Waals surface area contributed by atoms with Gasteiger partial charge in [-0.25, -0.2) is 4.98 Å². The van der Waals surface area contributed by atoms with Crippen LogP contribution in [0.25, 0.3) is 11.3 Å². The molecular formula is C15H17BrN2O2. The average molecular weight is 337 g/mol. The van der Waals surface area contributed by atoms with Crippen LogP contribution in [0.2, 0.25) is 0 Å². The van der Waals surface area contributed by atoms with Crippen molar-refractivity contribution in [2.75, 3.05) is 13.7 Å². The minimum atomic E-state index is 0.719. The number of nitrogens with one attached hydrogen (secondary N) is 1. The summed E-state index contributed by atoms with van der Waals surface area (Å²) in [6.07, 6.45) is 5.19. The molecule has 0 amide bonds. The maximum atomic E-state index is 5.82. The zero-order valence-electron chi connectivity index (χ0n) is 11.4. The Bertz CT molecular complexity index is 593. The monoisotopic (exact) mass is 336 g/mol. The van der Waals surface area contributed by atoms with Crippen molar-refractivity contribution in [1.29, 1.82) is 0 Å². The van der Waals surface area contributed by atoms with Crippen LogP contribution in [0.3, 0.4) is 0 Å². The summed E-state index contributed by atoms with van der Waals surface area (Å²) in [5.74, 6) is 2.33. The lowest BCUT2D eigenvalue weighted by Crippen LogP contribution is -2.19. The van der Waals surface area contributed by atoms with Gasteiger partial charge in [0.1, 0.15) is 5.75 Å². The quantitative estimate of drug-likeness (QED) is 0.878. The van der Waals surface area contributed by atoms with E-state index in [1.807, 2.05) is 18.2 Å². The Hall–Kier alpha value is -1.33. The van der Waals surface area contributed by atoms with Gasteiger partial charge in [0.05, 0.1) is 13.3 Å². The molecule has 1 heterocycles. The van der Waals surface area contributed by atoms with E-state index in [1.54, 1.807) is 13.3 Å². The van der Waals surface area contributed by atoms with Crippen LogP contribution < -0.4 is 10.1 Å². The lowest BCUT2D eigenvalue weighted by Gasteiger charge is -2.04. The van der Waals surface area contributed by atoms with E-state index in [4.69, 9.17) is 9.15 Å². The number of rotatable bonds is 6. The zero-order chi connectivity index (χ0) is 13.9. The maximum Gasteiger partial charge on any atom is 0.196 e. The van der Waals surface area contributed by atoms with Crippen molar-refractivity contribution in [3.8, 4) is 17.1 Å². The number of oxazole rings is 1. The molecule has 20 heavy (non-hydrogen) atoms. The standard InChI is InChI=1S/C15H17BrN2O2/c1-19-11-4-5-13(16)12(8-11)14-9-18-15(20-14)6-7-17-10-2-3-10/h4-5,8-10,17H,2-3,6-7H2,1H3. The fraction of sp³-hybridized carbons (Fsp3) is 0.400. The number of benzene rings is 1. The third kappa shape index (κ3) is 3.22. The smallest absolute Gasteiger partial charge is 0.196 e. The van der Waals surface area contributed by atoms with Crippen LogP contribution in [-0.2, 0) is 6.42 Å². The first-order chi connectivity index (χ1) is 9.76. The maximum absolute atomic E-state index is 5.82. The van der Waals surface area contributed by atoms with Crippen molar-refractivity contribution in [2.45, 2.75) is 25.3 Å². The van der Waals surface area contributed by atoms with Gasteiger partial charge in [-0.1, -0.05) is 15.9 Å². The molecule has 1 N–H and O–H groups in total. The van der Waals surface area contributed by atoms with Gasteiger partial charge in [-0.05, 0) is 31.0 Å². The summed E-state index contributed by atoms with van der Waals surface area (Å²) in [4.78, 5) is 4.34. The molecule has 3 rings (SSSR count). The Morgan fingerprint density at radius 1 is 1.45 bits per heavy atom. The topological polar surface area (TPSA) is 47.3 Å². The molecule has 1 fully saturated rings. The van der Waals surface area contributed by atoms with Crippen LogP contribution in [-0.4, -0.2) is 24.7 Å². The Morgan fingerprint density at radius 3 is 3.05 bits per heavy atom. The Balaban J connectivity index is 1.71. The number of hydrogen-bond acceptors (Lipinski definition) is 4. The van der Waals surface area contributed by atoms with Crippen molar-refractivity contribution >= 4 is 15.9 Å². The van der Waals surface area contributed by atoms with E-state index in [0.717, 1.165) is 46.4 Å². The first-order valence-electron chi connectivity index (χ1n) is 6.78. The normalized spacial score (nSPS) is 14.5. The minimum absolute atomic E-state index is 0.719. The van der Waals surface area contributed by atoms with Crippen LogP contribution in [0.5, 0.6) is 5.75 Å². The van der Waals surface area contributed by atoms with Crippen molar-refractivity contribution in [3.05, 3.63) is 34.8 Å². The number of ether oxygens (including phenoxy) is 1. The summed E-state index contributed by atoms with van der Waals surface area (Å²) in [5.41, 5.74) is 0.957. The second-order valence-electron chi connectivity index (χ2n) is 4.94. The lowest BCUT2D eigenvalue weighted by atomic mass is 10.2. The SMILES string of the molecule is COc1ccc(Br)c(-c2cnc(CCNC3CC3)o2)c1. The van der Waals surface area contributed by atoms with Gasteiger partial charge in [-0.2, -0.15) is 0 Å². The van der Waals surface area contributed by atoms with E-state index in [-0.39, 0.29) is 0 Å². The number of hydrogen-bond donors (Lipinski definition) is 1. The highest BCUT2D eigenvalue weighted by Gasteiger charge is 2.20. The molecule has 0 radical (unpaired) electrons. The number of aromatic nitrogens is 1. The van der Waals surface area contributed by atoms with Gasteiger partial charge >= 0.3 is 0 Å².